The van der Waals surface area contributed by atoms with Crippen LogP contribution in [0.4, 0.5) is 0 Å². The highest BCUT2D eigenvalue weighted by Gasteiger charge is 2.24. The maximum absolute atomic E-state index is 5.51. The van der Waals surface area contributed by atoms with Crippen molar-refractivity contribution in [1.82, 2.24) is 5.32 Å². The second-order valence-electron chi connectivity index (χ2n) is 4.57. The van der Waals surface area contributed by atoms with E-state index < -0.39 is 0 Å². The molecule has 1 N–H and O–H groups in total. The molecule has 0 radical (unpaired) electrons. The molecule has 1 aliphatic rings. The Kier molecular flexibility index (Phi) is 3.87. The van der Waals surface area contributed by atoms with Gasteiger partial charge in [0, 0.05) is 18.6 Å². The second kappa shape index (κ2) is 5.78. The van der Waals surface area contributed by atoms with Crippen LogP contribution in [0.2, 0.25) is 0 Å². The number of methoxy groups -OCH3 is 1. The number of hydrogen-bond donors (Lipinski definition) is 1. The average Bonchev–Trinajstić information content (AvgIpc) is 2.67. The van der Waals surface area contributed by atoms with Crippen LogP contribution in [0.25, 0.3) is 0 Å². The fourth-order valence-electron chi connectivity index (χ4n) is 2.41. The van der Waals surface area contributed by atoms with Gasteiger partial charge in [-0.25, -0.2) is 0 Å². The van der Waals surface area contributed by atoms with Crippen molar-refractivity contribution >= 4 is 11.8 Å². The Morgan fingerprint density at radius 3 is 2.58 bits per heavy atom. The van der Waals surface area contributed by atoms with Crippen LogP contribution in [0.1, 0.15) is 17.2 Å². The van der Waals surface area contributed by atoms with Crippen LogP contribution < -0.4 is 5.32 Å². The van der Waals surface area contributed by atoms with Gasteiger partial charge in [0.25, 0.3) is 0 Å². The van der Waals surface area contributed by atoms with E-state index in [2.05, 4.69) is 59.9 Å². The third-order valence-electron chi connectivity index (χ3n) is 3.37. The zero-order valence-corrected chi connectivity index (χ0v) is 11.7. The van der Waals surface area contributed by atoms with Gasteiger partial charge in [0.2, 0.25) is 0 Å². The van der Waals surface area contributed by atoms with E-state index in [9.17, 15) is 0 Å². The quantitative estimate of drug-likeness (QED) is 0.904. The Balaban J connectivity index is 2.02. The van der Waals surface area contributed by atoms with E-state index in [1.165, 1.54) is 16.0 Å². The number of ether oxygens (including phenoxy) is 1. The zero-order chi connectivity index (χ0) is 13.1. The fourth-order valence-corrected chi connectivity index (χ4v) is 3.45. The van der Waals surface area contributed by atoms with E-state index in [4.69, 9.17) is 4.74 Å². The number of hydrogen-bond acceptors (Lipinski definition) is 3. The first-order valence-corrected chi connectivity index (χ1v) is 7.33. The van der Waals surface area contributed by atoms with Crippen molar-refractivity contribution in [3.8, 4) is 0 Å². The Hall–Kier alpha value is -1.29. The summed E-state index contributed by atoms with van der Waals surface area (Å²) < 4.78 is 5.51. The number of rotatable bonds is 2. The van der Waals surface area contributed by atoms with Crippen molar-refractivity contribution in [2.75, 3.05) is 13.7 Å². The molecule has 2 atom stereocenters. The first kappa shape index (κ1) is 12.7. The van der Waals surface area contributed by atoms with Gasteiger partial charge >= 0.3 is 0 Å². The van der Waals surface area contributed by atoms with E-state index in [1.54, 1.807) is 18.9 Å². The highest BCUT2D eigenvalue weighted by atomic mass is 32.2. The number of fused-ring (bicyclic) bond motifs is 1. The number of benzene rings is 2. The Bertz CT molecular complexity index is 543. The van der Waals surface area contributed by atoms with Crippen molar-refractivity contribution in [2.45, 2.75) is 16.4 Å². The highest BCUT2D eigenvalue weighted by molar-refractivity contribution is 7.99. The molecule has 1 heterocycles. The molecule has 3 heteroatoms. The third kappa shape index (κ3) is 2.68. The van der Waals surface area contributed by atoms with Crippen LogP contribution in [0.5, 0.6) is 0 Å². The van der Waals surface area contributed by atoms with Crippen LogP contribution in [0, 0.1) is 0 Å². The van der Waals surface area contributed by atoms with Gasteiger partial charge in [0.15, 0.2) is 0 Å². The lowest BCUT2D eigenvalue weighted by atomic mass is 9.99. The van der Waals surface area contributed by atoms with Gasteiger partial charge in [-0.15, -0.1) is 0 Å². The predicted octanol–water partition coefficient (Wildman–Crippen LogP) is 3.44. The van der Waals surface area contributed by atoms with Gasteiger partial charge in [0.1, 0.15) is 5.44 Å². The maximum atomic E-state index is 5.51. The number of thioether (sulfide) groups is 1. The summed E-state index contributed by atoms with van der Waals surface area (Å²) in [6, 6.07) is 19.4. The van der Waals surface area contributed by atoms with Crippen molar-refractivity contribution in [1.29, 1.82) is 0 Å². The van der Waals surface area contributed by atoms with Crippen LogP contribution in [0.15, 0.2) is 59.5 Å². The summed E-state index contributed by atoms with van der Waals surface area (Å²) in [5.41, 5.74) is 2.79. The average molecular weight is 271 g/mol. The summed E-state index contributed by atoms with van der Waals surface area (Å²) in [5, 5.41) is 3.61. The van der Waals surface area contributed by atoms with Crippen LogP contribution in [0.3, 0.4) is 0 Å². The minimum absolute atomic E-state index is 0.162. The molecule has 2 nitrogen and oxygen atoms in total. The first-order valence-electron chi connectivity index (χ1n) is 6.45. The molecule has 0 aromatic heterocycles. The lowest BCUT2D eigenvalue weighted by molar-refractivity contribution is 0.170. The van der Waals surface area contributed by atoms with E-state index >= 15 is 0 Å². The molecule has 0 aliphatic carbocycles. The summed E-state index contributed by atoms with van der Waals surface area (Å²) in [7, 11) is 1.77. The van der Waals surface area contributed by atoms with E-state index in [1.807, 2.05) is 0 Å². The molecule has 0 saturated heterocycles. The molecule has 1 aliphatic heterocycles. The normalized spacial score (nSPS) is 22.6. The van der Waals surface area contributed by atoms with Gasteiger partial charge in [-0.1, -0.05) is 60.3 Å². The summed E-state index contributed by atoms with van der Waals surface area (Å²) >= 11 is 1.79. The van der Waals surface area contributed by atoms with Gasteiger partial charge in [0.05, 0.1) is 6.04 Å². The molecule has 0 amide bonds. The van der Waals surface area contributed by atoms with Gasteiger partial charge in [-0.3, -0.25) is 0 Å². The zero-order valence-electron chi connectivity index (χ0n) is 10.9. The molecule has 0 saturated carbocycles. The summed E-state index contributed by atoms with van der Waals surface area (Å²) in [5.74, 6) is 0. The minimum atomic E-state index is 0.162. The molecular weight excluding hydrogens is 254 g/mol. The topological polar surface area (TPSA) is 21.3 Å². The molecule has 98 valence electrons. The van der Waals surface area contributed by atoms with Crippen molar-refractivity contribution in [2.24, 2.45) is 0 Å². The van der Waals surface area contributed by atoms with E-state index in [0.29, 0.717) is 0 Å². The predicted molar refractivity (Wildman–Crippen MR) is 79.4 cm³/mol. The Labute approximate surface area is 118 Å². The van der Waals surface area contributed by atoms with Crippen LogP contribution in [-0.2, 0) is 4.74 Å². The minimum Gasteiger partial charge on any atom is -0.369 e. The van der Waals surface area contributed by atoms with Crippen molar-refractivity contribution in [3.05, 3.63) is 65.7 Å². The van der Waals surface area contributed by atoms with Gasteiger partial charge < -0.3 is 10.1 Å². The molecular formula is C16H17NOS. The molecule has 0 fully saturated rings. The monoisotopic (exact) mass is 271 g/mol. The Morgan fingerprint density at radius 2 is 1.79 bits per heavy atom. The van der Waals surface area contributed by atoms with Crippen LogP contribution >= 0.6 is 11.8 Å². The smallest absolute Gasteiger partial charge is 0.119 e. The molecule has 2 aromatic rings. The van der Waals surface area contributed by atoms with E-state index in [-0.39, 0.29) is 11.5 Å². The first-order chi connectivity index (χ1) is 9.38. The second-order valence-corrected chi connectivity index (χ2v) is 5.77. The highest BCUT2D eigenvalue weighted by Crippen LogP contribution is 2.36. The molecule has 0 bridgehead atoms. The summed E-state index contributed by atoms with van der Waals surface area (Å²) in [6.07, 6.45) is 0. The van der Waals surface area contributed by atoms with Crippen molar-refractivity contribution < 1.29 is 4.74 Å². The van der Waals surface area contributed by atoms with Crippen LogP contribution in [-0.4, -0.2) is 19.1 Å². The molecule has 2 unspecified atom stereocenters. The molecule has 0 spiro atoms. The maximum Gasteiger partial charge on any atom is 0.119 e. The largest absolute Gasteiger partial charge is 0.369 e. The lowest BCUT2D eigenvalue weighted by Gasteiger charge is -2.18. The Morgan fingerprint density at radius 1 is 1.05 bits per heavy atom. The van der Waals surface area contributed by atoms with Gasteiger partial charge in [-0.2, -0.15) is 0 Å². The van der Waals surface area contributed by atoms with E-state index in [0.717, 1.165) is 6.54 Å². The summed E-state index contributed by atoms with van der Waals surface area (Å²) in [6.45, 7) is 0.843. The number of nitrogens with one attached hydrogen (secondary N) is 1. The molecule has 19 heavy (non-hydrogen) atoms. The standard InChI is InChI=1S/C16H17NOS/c1-18-15-11-17-16(12-7-3-2-4-8-12)13-9-5-6-10-14(13)19-15/h2-10,15-17H,11H2,1H3. The molecule has 3 rings (SSSR count). The lowest BCUT2D eigenvalue weighted by Crippen LogP contribution is -2.28. The fraction of sp³-hybridized carbons (Fsp3) is 0.250. The van der Waals surface area contributed by atoms with Gasteiger partial charge in [-0.05, 0) is 17.2 Å². The third-order valence-corrected chi connectivity index (χ3v) is 4.62. The SMILES string of the molecule is COC1CNC(c2ccccc2)c2ccccc2S1. The molecule has 2 aromatic carbocycles. The van der Waals surface area contributed by atoms with Crippen molar-refractivity contribution in [3.63, 3.8) is 0 Å². The summed E-state index contributed by atoms with van der Waals surface area (Å²) in [4.78, 5) is 1.30.